The van der Waals surface area contributed by atoms with Gasteiger partial charge in [0.1, 0.15) is 6.10 Å². The number of unbranched alkanes of at least 4 members (excludes halogenated alkanes) is 28. The Labute approximate surface area is 277 Å². The van der Waals surface area contributed by atoms with Crippen molar-refractivity contribution in [1.29, 1.82) is 0 Å². The summed E-state index contributed by atoms with van der Waals surface area (Å²) in [5.74, 6) is -4.18. The molecule has 6 nitrogen and oxygen atoms in total. The zero-order valence-electron chi connectivity index (χ0n) is 29.8. The average Bonchev–Trinajstić information content (AvgIpc) is 3.03. The molecule has 0 aliphatic carbocycles. The molecule has 0 saturated heterocycles. The first kappa shape index (κ1) is 43.7. The molecule has 266 valence electrons. The predicted octanol–water partition coefficient (Wildman–Crippen LogP) is 10.8. The second-order valence-corrected chi connectivity index (χ2v) is 13.8. The highest BCUT2D eigenvalue weighted by molar-refractivity contribution is 6.26. The monoisotopic (exact) mass is 639 g/mol. The number of rotatable bonds is 36. The van der Waals surface area contributed by atoms with E-state index in [9.17, 15) is 29.7 Å². The van der Waals surface area contributed by atoms with Crippen molar-refractivity contribution in [3.63, 3.8) is 0 Å². The van der Waals surface area contributed by atoms with Crippen LogP contribution in [0.3, 0.4) is 0 Å². The molecule has 0 aliphatic heterocycles. The van der Waals surface area contributed by atoms with E-state index in [1.807, 2.05) is 0 Å². The Morgan fingerprint density at radius 1 is 0.467 bits per heavy atom. The Hall–Kier alpha value is -1.27. The van der Waals surface area contributed by atoms with Gasteiger partial charge in [0.2, 0.25) is 5.78 Å². The van der Waals surface area contributed by atoms with Gasteiger partial charge in [0, 0.05) is 6.42 Å². The molecular formula is C39H74O6. The molecule has 0 aromatic rings. The lowest BCUT2D eigenvalue weighted by Gasteiger charge is -2.23. The van der Waals surface area contributed by atoms with Gasteiger partial charge < -0.3 is 15.3 Å². The van der Waals surface area contributed by atoms with Crippen LogP contribution in [0.25, 0.3) is 0 Å². The summed E-state index contributed by atoms with van der Waals surface area (Å²) in [6.45, 7) is 4.49. The second-order valence-electron chi connectivity index (χ2n) is 13.8. The number of ketones is 2. The largest absolute Gasteiger partial charge is 0.478 e. The minimum absolute atomic E-state index is 0.0684. The maximum atomic E-state index is 12.7. The smallest absolute Gasteiger partial charge is 0.351 e. The van der Waals surface area contributed by atoms with Crippen LogP contribution >= 0.6 is 0 Å². The number of carboxylic acid groups (broad SMARTS) is 1. The molecule has 0 aromatic heterocycles. The minimum Gasteiger partial charge on any atom is -0.478 e. The van der Waals surface area contributed by atoms with Crippen LogP contribution in [-0.4, -0.2) is 44.6 Å². The molecule has 0 bridgehead atoms. The van der Waals surface area contributed by atoms with E-state index >= 15 is 0 Å². The molecule has 2 unspecified atom stereocenters. The quantitative estimate of drug-likeness (QED) is 0.0465. The molecule has 0 amide bonds. The Bertz CT molecular complexity index is 708. The molecule has 0 saturated carbocycles. The first-order valence-electron chi connectivity index (χ1n) is 19.5. The number of carbonyl (C=O) groups excluding carboxylic acids is 2. The van der Waals surface area contributed by atoms with E-state index in [2.05, 4.69) is 13.8 Å². The summed E-state index contributed by atoms with van der Waals surface area (Å²) < 4.78 is 0. The summed E-state index contributed by atoms with van der Waals surface area (Å²) in [5, 5.41) is 30.5. The van der Waals surface area contributed by atoms with Gasteiger partial charge in [0.25, 0.3) is 5.60 Å². The first-order chi connectivity index (χ1) is 21.8. The summed E-state index contributed by atoms with van der Waals surface area (Å²) in [4.78, 5) is 37.1. The van der Waals surface area contributed by atoms with Crippen molar-refractivity contribution >= 4 is 17.5 Å². The number of aliphatic carboxylic acids is 1. The van der Waals surface area contributed by atoms with Crippen molar-refractivity contribution in [3.8, 4) is 0 Å². The van der Waals surface area contributed by atoms with E-state index in [1.165, 1.54) is 135 Å². The third-order valence-corrected chi connectivity index (χ3v) is 9.46. The summed E-state index contributed by atoms with van der Waals surface area (Å²) >= 11 is 0. The fraction of sp³-hybridized carbons (Fsp3) is 0.923. The second kappa shape index (κ2) is 31.3. The van der Waals surface area contributed by atoms with E-state index in [-0.39, 0.29) is 12.8 Å². The van der Waals surface area contributed by atoms with Crippen molar-refractivity contribution in [2.24, 2.45) is 0 Å². The predicted molar refractivity (Wildman–Crippen MR) is 188 cm³/mol. The zero-order valence-corrected chi connectivity index (χ0v) is 29.8. The molecule has 0 heterocycles. The lowest BCUT2D eigenvalue weighted by Crippen LogP contribution is -2.57. The van der Waals surface area contributed by atoms with Gasteiger partial charge in [-0.2, -0.15) is 0 Å². The summed E-state index contributed by atoms with van der Waals surface area (Å²) in [5.41, 5.74) is -3.15. The summed E-state index contributed by atoms with van der Waals surface area (Å²) in [7, 11) is 0. The van der Waals surface area contributed by atoms with Gasteiger partial charge in [0.15, 0.2) is 5.78 Å². The van der Waals surface area contributed by atoms with Gasteiger partial charge in [-0.05, 0) is 12.8 Å². The number of carboxylic acids is 1. The Morgan fingerprint density at radius 2 is 0.733 bits per heavy atom. The molecule has 6 heteroatoms. The zero-order chi connectivity index (χ0) is 33.4. The highest BCUT2D eigenvalue weighted by Gasteiger charge is 2.52. The van der Waals surface area contributed by atoms with E-state index < -0.39 is 29.2 Å². The first-order valence-corrected chi connectivity index (χ1v) is 19.5. The van der Waals surface area contributed by atoms with Gasteiger partial charge in [-0.1, -0.05) is 200 Å². The van der Waals surface area contributed by atoms with Crippen LogP contribution < -0.4 is 0 Å². The van der Waals surface area contributed by atoms with Crippen molar-refractivity contribution in [2.45, 2.75) is 231 Å². The van der Waals surface area contributed by atoms with Crippen molar-refractivity contribution in [2.75, 3.05) is 0 Å². The lowest BCUT2D eigenvalue weighted by molar-refractivity contribution is -0.173. The number of Topliss-reactive ketones (excluding diaryl/α,β-unsaturated/α-hetero) is 2. The number of hydrogen-bond donors (Lipinski definition) is 3. The van der Waals surface area contributed by atoms with Crippen LogP contribution in [-0.2, 0) is 14.4 Å². The fourth-order valence-corrected chi connectivity index (χ4v) is 6.28. The molecule has 0 aliphatic rings. The molecule has 0 radical (unpaired) electrons. The fourth-order valence-electron chi connectivity index (χ4n) is 6.28. The van der Waals surface area contributed by atoms with Crippen LogP contribution in [0.1, 0.15) is 219 Å². The Kier molecular flexibility index (Phi) is 30.5. The molecule has 3 N–H and O–H groups in total. The van der Waals surface area contributed by atoms with Gasteiger partial charge in [0.05, 0.1) is 0 Å². The molecule has 0 aromatic carbocycles. The molecular weight excluding hydrogens is 564 g/mol. The van der Waals surface area contributed by atoms with Crippen molar-refractivity contribution in [3.05, 3.63) is 0 Å². The van der Waals surface area contributed by atoms with E-state index in [0.717, 1.165) is 44.9 Å². The third-order valence-electron chi connectivity index (χ3n) is 9.46. The van der Waals surface area contributed by atoms with Crippen molar-refractivity contribution < 1.29 is 29.7 Å². The summed E-state index contributed by atoms with van der Waals surface area (Å²) in [6, 6.07) is 0. The summed E-state index contributed by atoms with van der Waals surface area (Å²) in [6.07, 6.45) is 33.9. The van der Waals surface area contributed by atoms with E-state index in [1.54, 1.807) is 0 Å². The van der Waals surface area contributed by atoms with E-state index in [4.69, 9.17) is 0 Å². The Morgan fingerprint density at radius 3 is 1.02 bits per heavy atom. The van der Waals surface area contributed by atoms with Crippen LogP contribution in [0.5, 0.6) is 0 Å². The van der Waals surface area contributed by atoms with Crippen LogP contribution in [0.4, 0.5) is 0 Å². The van der Waals surface area contributed by atoms with Crippen molar-refractivity contribution in [1.82, 2.24) is 0 Å². The molecule has 45 heavy (non-hydrogen) atoms. The van der Waals surface area contributed by atoms with Gasteiger partial charge in [-0.15, -0.1) is 0 Å². The molecule has 0 spiro atoms. The number of aliphatic hydroxyl groups is 2. The van der Waals surface area contributed by atoms with Gasteiger partial charge >= 0.3 is 5.97 Å². The van der Waals surface area contributed by atoms with Gasteiger partial charge in [-0.3, -0.25) is 9.59 Å². The highest BCUT2D eigenvalue weighted by atomic mass is 16.4. The van der Waals surface area contributed by atoms with Crippen LogP contribution in [0.2, 0.25) is 0 Å². The van der Waals surface area contributed by atoms with Crippen LogP contribution in [0.15, 0.2) is 0 Å². The standard InChI is InChI=1S/C39H74O6/c1-3-5-7-9-11-13-15-17-19-21-23-25-27-29-31-33-35(40)37(42)39(45,38(43)44)36(41)34-32-30-28-26-24-22-20-18-16-14-12-10-8-6-4-2/h35,40,45H,3-34H2,1-2H3,(H,43,44). The Balaban J connectivity index is 3.93. The van der Waals surface area contributed by atoms with Crippen LogP contribution in [0, 0.1) is 0 Å². The molecule has 2 atom stereocenters. The highest BCUT2D eigenvalue weighted by Crippen LogP contribution is 2.20. The number of carbonyl (C=O) groups is 3. The lowest BCUT2D eigenvalue weighted by atomic mass is 9.85. The minimum atomic E-state index is -3.15. The number of aliphatic hydroxyl groups excluding tert-OH is 1. The average molecular weight is 639 g/mol. The molecule has 0 fully saturated rings. The topological polar surface area (TPSA) is 112 Å². The maximum Gasteiger partial charge on any atom is 0.351 e. The normalized spacial score (nSPS) is 13.5. The third kappa shape index (κ3) is 23.7. The SMILES string of the molecule is CCCCCCCCCCCCCCCCCC(=O)C(O)(C(=O)O)C(=O)C(O)CCCCCCCCCCCCCCCCC. The maximum absolute atomic E-state index is 12.7. The van der Waals surface area contributed by atoms with E-state index in [0.29, 0.717) is 12.8 Å². The molecule has 0 rings (SSSR count). The van der Waals surface area contributed by atoms with Gasteiger partial charge in [-0.25, -0.2) is 4.79 Å². The number of hydrogen-bond acceptors (Lipinski definition) is 5.